The van der Waals surface area contributed by atoms with E-state index in [4.69, 9.17) is 0 Å². The SMILES string of the molecule is O=C(N[C@@H]1c2ccccc2C[C@@H]1O)[C@@H]1C[C@H]1c1ccc(F)cc1. The van der Waals surface area contributed by atoms with Gasteiger partial charge in [-0.2, -0.15) is 0 Å². The van der Waals surface area contributed by atoms with Gasteiger partial charge in [0, 0.05) is 12.3 Å². The first kappa shape index (κ1) is 14.4. The third-order valence-electron chi connectivity index (χ3n) is 4.93. The van der Waals surface area contributed by atoms with E-state index in [1.165, 1.54) is 12.1 Å². The predicted molar refractivity (Wildman–Crippen MR) is 84.3 cm³/mol. The Morgan fingerprint density at radius 3 is 2.65 bits per heavy atom. The molecule has 0 aromatic heterocycles. The molecule has 4 atom stereocenters. The van der Waals surface area contributed by atoms with Crippen molar-refractivity contribution in [1.82, 2.24) is 5.32 Å². The first-order valence-electron chi connectivity index (χ1n) is 7.95. The Balaban J connectivity index is 1.44. The van der Waals surface area contributed by atoms with Crippen LogP contribution in [0, 0.1) is 11.7 Å². The Morgan fingerprint density at radius 2 is 1.87 bits per heavy atom. The molecule has 2 aromatic carbocycles. The highest BCUT2D eigenvalue weighted by Crippen LogP contribution is 2.48. The fourth-order valence-electron chi connectivity index (χ4n) is 3.57. The molecule has 3 nitrogen and oxygen atoms in total. The third-order valence-corrected chi connectivity index (χ3v) is 4.93. The van der Waals surface area contributed by atoms with Gasteiger partial charge in [-0.05, 0) is 41.2 Å². The second kappa shape index (κ2) is 5.46. The summed E-state index contributed by atoms with van der Waals surface area (Å²) < 4.78 is 13.0. The van der Waals surface area contributed by atoms with Crippen LogP contribution in [-0.4, -0.2) is 17.1 Å². The highest BCUT2D eigenvalue weighted by atomic mass is 19.1. The molecule has 2 N–H and O–H groups in total. The highest BCUT2D eigenvalue weighted by molar-refractivity contribution is 5.83. The maximum Gasteiger partial charge on any atom is 0.224 e. The van der Waals surface area contributed by atoms with Crippen LogP contribution in [0.1, 0.15) is 35.1 Å². The molecule has 2 aromatic rings. The van der Waals surface area contributed by atoms with E-state index in [1.807, 2.05) is 24.3 Å². The van der Waals surface area contributed by atoms with E-state index in [9.17, 15) is 14.3 Å². The molecule has 118 valence electrons. The summed E-state index contributed by atoms with van der Waals surface area (Å²) in [6.07, 6.45) is 0.786. The first-order valence-corrected chi connectivity index (χ1v) is 7.95. The number of rotatable bonds is 3. The third kappa shape index (κ3) is 2.63. The van der Waals surface area contributed by atoms with Gasteiger partial charge in [-0.25, -0.2) is 4.39 Å². The highest BCUT2D eigenvalue weighted by Gasteiger charge is 2.45. The number of fused-ring (bicyclic) bond motifs is 1. The molecule has 4 heteroatoms. The molecule has 0 aliphatic heterocycles. The summed E-state index contributed by atoms with van der Waals surface area (Å²) in [5, 5.41) is 13.2. The smallest absolute Gasteiger partial charge is 0.224 e. The fraction of sp³-hybridized carbons (Fsp3) is 0.316. The molecule has 1 saturated carbocycles. The zero-order valence-electron chi connectivity index (χ0n) is 12.6. The minimum absolute atomic E-state index is 0.0277. The van der Waals surface area contributed by atoms with E-state index in [0.717, 1.165) is 23.1 Å². The van der Waals surface area contributed by atoms with Crippen LogP contribution in [0.2, 0.25) is 0 Å². The number of halogens is 1. The quantitative estimate of drug-likeness (QED) is 0.915. The molecule has 0 spiro atoms. The van der Waals surface area contributed by atoms with Gasteiger partial charge in [0.15, 0.2) is 0 Å². The molecule has 2 aliphatic carbocycles. The topological polar surface area (TPSA) is 49.3 Å². The summed E-state index contributed by atoms with van der Waals surface area (Å²) in [6, 6.07) is 13.8. The number of hydrogen-bond acceptors (Lipinski definition) is 2. The number of carbonyl (C=O) groups excluding carboxylic acids is 1. The summed E-state index contributed by atoms with van der Waals surface area (Å²) in [4.78, 5) is 12.5. The summed E-state index contributed by atoms with van der Waals surface area (Å²) in [5.41, 5.74) is 3.10. The van der Waals surface area contributed by atoms with Gasteiger partial charge in [0.2, 0.25) is 5.91 Å². The second-order valence-electron chi connectivity index (χ2n) is 6.46. The number of amides is 1. The molecular formula is C19H18FNO2. The summed E-state index contributed by atoms with van der Waals surface area (Å²) in [5.74, 6) is -0.217. The van der Waals surface area contributed by atoms with Crippen molar-refractivity contribution in [3.63, 3.8) is 0 Å². The second-order valence-corrected chi connectivity index (χ2v) is 6.46. The molecule has 0 radical (unpaired) electrons. The minimum atomic E-state index is -0.570. The molecular weight excluding hydrogens is 293 g/mol. The molecule has 23 heavy (non-hydrogen) atoms. The van der Waals surface area contributed by atoms with Gasteiger partial charge in [-0.1, -0.05) is 36.4 Å². The van der Waals surface area contributed by atoms with Gasteiger partial charge in [0.1, 0.15) is 5.82 Å². The molecule has 0 unspecified atom stereocenters. The van der Waals surface area contributed by atoms with Crippen LogP contribution >= 0.6 is 0 Å². The monoisotopic (exact) mass is 311 g/mol. The van der Waals surface area contributed by atoms with E-state index in [1.54, 1.807) is 12.1 Å². The van der Waals surface area contributed by atoms with E-state index < -0.39 is 6.10 Å². The summed E-state index contributed by atoms with van der Waals surface area (Å²) in [7, 11) is 0. The Bertz CT molecular complexity index is 743. The Hall–Kier alpha value is -2.20. The number of aliphatic hydroxyl groups is 1. The van der Waals surface area contributed by atoms with Crippen molar-refractivity contribution in [1.29, 1.82) is 0 Å². The van der Waals surface area contributed by atoms with Gasteiger partial charge in [-0.15, -0.1) is 0 Å². The summed E-state index contributed by atoms with van der Waals surface area (Å²) >= 11 is 0. The van der Waals surface area contributed by atoms with E-state index in [0.29, 0.717) is 6.42 Å². The molecule has 1 fully saturated rings. The lowest BCUT2D eigenvalue weighted by Crippen LogP contribution is -2.35. The largest absolute Gasteiger partial charge is 0.390 e. The van der Waals surface area contributed by atoms with E-state index in [2.05, 4.69) is 5.32 Å². The van der Waals surface area contributed by atoms with Crippen molar-refractivity contribution in [3.05, 3.63) is 71.0 Å². The van der Waals surface area contributed by atoms with Crippen LogP contribution in [0.3, 0.4) is 0 Å². The van der Waals surface area contributed by atoms with Crippen molar-refractivity contribution in [3.8, 4) is 0 Å². The lowest BCUT2D eigenvalue weighted by molar-refractivity contribution is -0.123. The molecule has 0 saturated heterocycles. The van der Waals surface area contributed by atoms with Crippen molar-refractivity contribution in [2.75, 3.05) is 0 Å². The normalized spacial score (nSPS) is 28.3. The average Bonchev–Trinajstić information content (AvgIpc) is 3.28. The van der Waals surface area contributed by atoms with Gasteiger partial charge >= 0.3 is 0 Å². The minimum Gasteiger partial charge on any atom is -0.390 e. The van der Waals surface area contributed by atoms with Crippen molar-refractivity contribution < 1.29 is 14.3 Å². The zero-order valence-corrected chi connectivity index (χ0v) is 12.6. The maximum absolute atomic E-state index is 13.0. The van der Waals surface area contributed by atoms with Crippen LogP contribution in [0.15, 0.2) is 48.5 Å². The molecule has 4 rings (SSSR count). The molecule has 1 amide bonds. The zero-order chi connectivity index (χ0) is 16.0. The lowest BCUT2D eigenvalue weighted by Gasteiger charge is -2.18. The lowest BCUT2D eigenvalue weighted by atomic mass is 10.1. The molecule has 0 heterocycles. The number of nitrogens with one attached hydrogen (secondary N) is 1. The van der Waals surface area contributed by atoms with Crippen LogP contribution < -0.4 is 5.32 Å². The van der Waals surface area contributed by atoms with Crippen molar-refractivity contribution in [2.24, 2.45) is 5.92 Å². The number of benzene rings is 2. The van der Waals surface area contributed by atoms with Crippen LogP contribution in [0.25, 0.3) is 0 Å². The molecule has 2 aliphatic rings. The van der Waals surface area contributed by atoms with E-state index >= 15 is 0 Å². The van der Waals surface area contributed by atoms with Crippen molar-refractivity contribution in [2.45, 2.75) is 30.9 Å². The fourth-order valence-corrected chi connectivity index (χ4v) is 3.57. The number of aliphatic hydroxyl groups excluding tert-OH is 1. The Morgan fingerprint density at radius 1 is 1.13 bits per heavy atom. The van der Waals surface area contributed by atoms with Gasteiger partial charge < -0.3 is 10.4 Å². The van der Waals surface area contributed by atoms with Crippen molar-refractivity contribution >= 4 is 5.91 Å². The summed E-state index contributed by atoms with van der Waals surface area (Å²) in [6.45, 7) is 0. The van der Waals surface area contributed by atoms with Gasteiger partial charge in [0.05, 0.1) is 12.1 Å². The Kier molecular flexibility index (Phi) is 3.42. The predicted octanol–water partition coefficient (Wildman–Crippen LogP) is 2.70. The average molecular weight is 311 g/mol. The number of carbonyl (C=O) groups is 1. The number of hydrogen-bond donors (Lipinski definition) is 2. The first-order chi connectivity index (χ1) is 11.1. The van der Waals surface area contributed by atoms with Crippen LogP contribution in [0.4, 0.5) is 4.39 Å². The van der Waals surface area contributed by atoms with E-state index in [-0.39, 0.29) is 29.6 Å². The maximum atomic E-state index is 13.0. The standard InChI is InChI=1S/C19H18FNO2/c20-13-7-5-11(6-8-13)15-10-16(15)19(23)21-18-14-4-2-1-3-12(14)9-17(18)22/h1-8,15-18,22H,9-10H2,(H,21,23)/t15-,16+,17-,18+/m0/s1. The Labute approximate surface area is 134 Å². The van der Waals surface area contributed by atoms with Gasteiger partial charge in [-0.3, -0.25) is 4.79 Å². The molecule has 0 bridgehead atoms. The van der Waals surface area contributed by atoms with Gasteiger partial charge in [0.25, 0.3) is 0 Å². The van der Waals surface area contributed by atoms with Crippen LogP contribution in [0.5, 0.6) is 0 Å². The van der Waals surface area contributed by atoms with Crippen LogP contribution in [-0.2, 0) is 11.2 Å².